The highest BCUT2D eigenvalue weighted by atomic mass is 16.5. The van der Waals surface area contributed by atoms with Gasteiger partial charge in [-0.2, -0.15) is 5.26 Å². The summed E-state index contributed by atoms with van der Waals surface area (Å²) in [7, 11) is 0. The minimum Gasteiger partial charge on any atom is -0.463 e. The fraction of sp³-hybridized carbons (Fsp3) is 0.269. The van der Waals surface area contributed by atoms with Gasteiger partial charge in [0.2, 0.25) is 0 Å². The second kappa shape index (κ2) is 9.44. The lowest BCUT2D eigenvalue weighted by atomic mass is 9.83. The first-order chi connectivity index (χ1) is 14.9. The van der Waals surface area contributed by atoms with E-state index in [0.29, 0.717) is 22.5 Å². The molecule has 0 saturated carbocycles. The number of ether oxygens (including phenoxy) is 1. The predicted octanol–water partition coefficient (Wildman–Crippen LogP) is 5.23. The summed E-state index contributed by atoms with van der Waals surface area (Å²) in [6.07, 6.45) is 0.244. The Bertz CT molecular complexity index is 1210. The number of nitrogens with zero attached hydrogens (tertiary/aromatic N) is 1. The smallest absolute Gasteiger partial charge is 0.354 e. The molecule has 0 saturated heterocycles. The van der Waals surface area contributed by atoms with Gasteiger partial charge in [0.25, 0.3) is 0 Å². The standard InChI is InChI=1S/C26H25NO4/c1-5-30-25(28)17(4)21(19-12-10-18(11-13-19)16(2)3)14-22-20-8-6-7-9-24(20)31-26(29)23(22)15-27/h6-13,16,21H,4-5,14H2,1-3H3/t21-/m0/s1. The molecule has 0 bridgehead atoms. The molecular weight excluding hydrogens is 390 g/mol. The van der Waals surface area contributed by atoms with Crippen LogP contribution in [0.2, 0.25) is 0 Å². The van der Waals surface area contributed by atoms with E-state index in [-0.39, 0.29) is 24.2 Å². The number of nitriles is 1. The van der Waals surface area contributed by atoms with Gasteiger partial charge in [-0.15, -0.1) is 0 Å². The maximum Gasteiger partial charge on any atom is 0.354 e. The first-order valence-electron chi connectivity index (χ1n) is 10.3. The first kappa shape index (κ1) is 22.0. The van der Waals surface area contributed by atoms with Crippen LogP contribution in [0.1, 0.15) is 54.9 Å². The third kappa shape index (κ3) is 4.59. The molecule has 1 atom stereocenters. The highest BCUT2D eigenvalue weighted by Crippen LogP contribution is 2.33. The van der Waals surface area contributed by atoms with E-state index < -0.39 is 17.5 Å². The molecule has 158 valence electrons. The average molecular weight is 415 g/mol. The molecule has 31 heavy (non-hydrogen) atoms. The van der Waals surface area contributed by atoms with E-state index in [1.54, 1.807) is 25.1 Å². The highest BCUT2D eigenvalue weighted by molar-refractivity contribution is 5.90. The number of hydrogen-bond donors (Lipinski definition) is 0. The van der Waals surface area contributed by atoms with Gasteiger partial charge < -0.3 is 9.15 Å². The van der Waals surface area contributed by atoms with E-state index in [1.165, 1.54) is 5.56 Å². The Morgan fingerprint density at radius 3 is 2.39 bits per heavy atom. The number of fused-ring (bicyclic) bond motifs is 1. The third-order valence-electron chi connectivity index (χ3n) is 5.40. The molecule has 1 aromatic heterocycles. The van der Waals surface area contributed by atoms with Crippen LogP contribution in [0.3, 0.4) is 0 Å². The van der Waals surface area contributed by atoms with Gasteiger partial charge in [0, 0.05) is 16.9 Å². The van der Waals surface area contributed by atoms with Crippen molar-refractivity contribution in [2.24, 2.45) is 0 Å². The number of esters is 1. The summed E-state index contributed by atoms with van der Waals surface area (Å²) in [5.41, 5.74) is 2.51. The van der Waals surface area contributed by atoms with Crippen LogP contribution in [0.15, 0.2) is 69.9 Å². The van der Waals surface area contributed by atoms with Gasteiger partial charge in [-0.25, -0.2) is 9.59 Å². The number of para-hydroxylation sites is 1. The summed E-state index contributed by atoms with van der Waals surface area (Å²) in [5, 5.41) is 10.3. The van der Waals surface area contributed by atoms with E-state index in [9.17, 15) is 14.9 Å². The Morgan fingerprint density at radius 2 is 1.77 bits per heavy atom. The monoisotopic (exact) mass is 415 g/mol. The molecule has 0 spiro atoms. The minimum atomic E-state index is -0.688. The normalized spacial score (nSPS) is 11.8. The summed E-state index contributed by atoms with van der Waals surface area (Å²) in [4.78, 5) is 25.0. The van der Waals surface area contributed by atoms with Crippen molar-refractivity contribution in [1.29, 1.82) is 5.26 Å². The zero-order chi connectivity index (χ0) is 22.5. The maximum absolute atomic E-state index is 12.5. The number of rotatable bonds is 7. The number of carbonyl (C=O) groups is 1. The molecule has 3 aromatic rings. The predicted molar refractivity (Wildman–Crippen MR) is 120 cm³/mol. The second-order valence-electron chi connectivity index (χ2n) is 7.67. The molecule has 0 fully saturated rings. The van der Waals surface area contributed by atoms with Crippen molar-refractivity contribution in [1.82, 2.24) is 0 Å². The van der Waals surface area contributed by atoms with E-state index in [4.69, 9.17) is 9.15 Å². The van der Waals surface area contributed by atoms with Crippen LogP contribution in [0, 0.1) is 11.3 Å². The van der Waals surface area contributed by atoms with E-state index in [0.717, 1.165) is 5.56 Å². The Kier molecular flexibility index (Phi) is 6.71. The third-order valence-corrected chi connectivity index (χ3v) is 5.40. The van der Waals surface area contributed by atoms with Crippen LogP contribution < -0.4 is 5.63 Å². The quantitative estimate of drug-likeness (QED) is 0.300. The van der Waals surface area contributed by atoms with Gasteiger partial charge in [0.05, 0.1) is 6.61 Å². The molecule has 0 unspecified atom stereocenters. The fourth-order valence-electron chi connectivity index (χ4n) is 3.66. The largest absolute Gasteiger partial charge is 0.463 e. The molecule has 2 aromatic carbocycles. The van der Waals surface area contributed by atoms with Gasteiger partial charge in [-0.3, -0.25) is 0 Å². The van der Waals surface area contributed by atoms with Crippen LogP contribution in [0.25, 0.3) is 11.0 Å². The summed E-state index contributed by atoms with van der Waals surface area (Å²) in [6.45, 7) is 10.2. The molecule has 0 aliphatic rings. The van der Waals surface area contributed by atoms with Crippen molar-refractivity contribution in [3.63, 3.8) is 0 Å². The Labute approximate surface area is 181 Å². The molecule has 5 nitrogen and oxygen atoms in total. The van der Waals surface area contributed by atoms with E-state index >= 15 is 0 Å². The maximum atomic E-state index is 12.5. The van der Waals surface area contributed by atoms with Crippen molar-refractivity contribution in [2.45, 2.75) is 39.0 Å². The van der Waals surface area contributed by atoms with Gasteiger partial charge in [0.1, 0.15) is 17.2 Å². The Morgan fingerprint density at radius 1 is 1.13 bits per heavy atom. The van der Waals surface area contributed by atoms with Gasteiger partial charge in [0.15, 0.2) is 0 Å². The molecule has 3 rings (SSSR count). The summed E-state index contributed by atoms with van der Waals surface area (Å²) in [5.74, 6) is -0.586. The number of carbonyl (C=O) groups excluding carboxylic acids is 1. The van der Waals surface area contributed by atoms with Gasteiger partial charge in [-0.1, -0.05) is 62.9 Å². The minimum absolute atomic E-state index is 0.0563. The van der Waals surface area contributed by atoms with Crippen molar-refractivity contribution < 1.29 is 13.9 Å². The molecule has 0 amide bonds. The van der Waals surface area contributed by atoms with Gasteiger partial charge >= 0.3 is 11.6 Å². The van der Waals surface area contributed by atoms with Crippen LogP contribution in [0.5, 0.6) is 0 Å². The van der Waals surface area contributed by atoms with Crippen molar-refractivity contribution in [2.75, 3.05) is 6.61 Å². The number of benzene rings is 2. The zero-order valence-corrected chi connectivity index (χ0v) is 18.0. The molecule has 0 aliphatic carbocycles. The second-order valence-corrected chi connectivity index (χ2v) is 7.67. The van der Waals surface area contributed by atoms with Crippen LogP contribution in [-0.2, 0) is 16.0 Å². The van der Waals surface area contributed by atoms with Crippen molar-refractivity contribution in [3.8, 4) is 6.07 Å². The van der Waals surface area contributed by atoms with Crippen LogP contribution in [-0.4, -0.2) is 12.6 Å². The summed E-state index contributed by atoms with van der Waals surface area (Å²) in [6, 6.07) is 17.0. The lowest BCUT2D eigenvalue weighted by Gasteiger charge is -2.21. The Hall–Kier alpha value is -3.65. The van der Waals surface area contributed by atoms with Crippen LogP contribution in [0.4, 0.5) is 0 Å². The molecule has 0 aliphatic heterocycles. The number of hydrogen-bond acceptors (Lipinski definition) is 5. The summed E-state index contributed by atoms with van der Waals surface area (Å²) < 4.78 is 10.5. The van der Waals surface area contributed by atoms with Crippen LogP contribution >= 0.6 is 0 Å². The molecule has 5 heteroatoms. The molecule has 0 radical (unpaired) electrons. The van der Waals surface area contributed by atoms with Gasteiger partial charge in [-0.05, 0) is 42.0 Å². The van der Waals surface area contributed by atoms with E-state index in [1.807, 2.05) is 36.4 Å². The SMILES string of the molecule is C=C(C(=O)OCC)[C@H](Cc1c(C#N)c(=O)oc2ccccc12)c1ccc(C(C)C)cc1. The average Bonchev–Trinajstić information content (AvgIpc) is 2.77. The van der Waals surface area contributed by atoms with Crippen molar-refractivity contribution in [3.05, 3.63) is 93.4 Å². The lowest BCUT2D eigenvalue weighted by Crippen LogP contribution is -2.18. The van der Waals surface area contributed by atoms with Crippen molar-refractivity contribution >= 4 is 16.9 Å². The highest BCUT2D eigenvalue weighted by Gasteiger charge is 2.26. The lowest BCUT2D eigenvalue weighted by molar-refractivity contribution is -0.138. The first-order valence-corrected chi connectivity index (χ1v) is 10.3. The zero-order valence-electron chi connectivity index (χ0n) is 18.0. The summed E-state index contributed by atoms with van der Waals surface area (Å²) >= 11 is 0. The molecule has 0 N–H and O–H groups in total. The van der Waals surface area contributed by atoms with E-state index in [2.05, 4.69) is 20.4 Å². The Balaban J connectivity index is 2.15. The fourth-order valence-corrected chi connectivity index (χ4v) is 3.66. The molecule has 1 heterocycles. The molecular formula is C26H25NO4. The topological polar surface area (TPSA) is 80.3 Å².